The van der Waals surface area contributed by atoms with Gasteiger partial charge in [-0.15, -0.1) is 0 Å². The van der Waals surface area contributed by atoms with Crippen molar-refractivity contribution >= 4 is 44.0 Å². The minimum Gasteiger partial charge on any atom is -0.345 e. The topological polar surface area (TPSA) is 53.9 Å². The van der Waals surface area contributed by atoms with Gasteiger partial charge in [0, 0.05) is 45.3 Å². The van der Waals surface area contributed by atoms with Crippen LogP contribution in [0.15, 0.2) is 77.7 Å². The highest BCUT2D eigenvalue weighted by Crippen LogP contribution is 2.34. The summed E-state index contributed by atoms with van der Waals surface area (Å²) in [6.07, 6.45) is 0.962. The highest BCUT2D eigenvalue weighted by molar-refractivity contribution is 9.10. The smallest absolute Gasteiger partial charge is 0.345 e. The van der Waals surface area contributed by atoms with Gasteiger partial charge in [0.05, 0.1) is 17.8 Å². The monoisotopic (exact) mass is 511 g/mol. The number of aromatic nitrogens is 3. The van der Waals surface area contributed by atoms with Crippen molar-refractivity contribution < 1.29 is 13.2 Å². The van der Waals surface area contributed by atoms with Gasteiger partial charge in [0.15, 0.2) is 0 Å². The van der Waals surface area contributed by atoms with Crippen LogP contribution in [-0.4, -0.2) is 27.7 Å². The number of anilines is 2. The van der Waals surface area contributed by atoms with E-state index in [-0.39, 0.29) is 5.95 Å². The first-order valence-electron chi connectivity index (χ1n) is 10.1. The first-order valence-corrected chi connectivity index (χ1v) is 10.9. The fourth-order valence-electron chi connectivity index (χ4n) is 3.71. The van der Waals surface area contributed by atoms with E-state index >= 15 is 0 Å². The van der Waals surface area contributed by atoms with Crippen molar-refractivity contribution in [3.05, 3.63) is 94.5 Å². The highest BCUT2D eigenvalue weighted by Gasteiger charge is 2.28. The summed E-state index contributed by atoms with van der Waals surface area (Å²) in [5.41, 5.74) is 4.99. The van der Waals surface area contributed by atoms with Gasteiger partial charge < -0.3 is 10.2 Å². The molecule has 3 heterocycles. The van der Waals surface area contributed by atoms with Crippen LogP contribution in [0.5, 0.6) is 0 Å². The first-order chi connectivity index (χ1) is 15.9. The van der Waals surface area contributed by atoms with Crippen molar-refractivity contribution in [2.75, 3.05) is 16.8 Å². The van der Waals surface area contributed by atoms with Crippen LogP contribution in [-0.2, 0) is 6.54 Å². The Bertz CT molecular complexity index is 1350. The Morgan fingerprint density at radius 2 is 1.85 bits per heavy atom. The van der Waals surface area contributed by atoms with Crippen molar-refractivity contribution in [1.82, 2.24) is 15.0 Å². The van der Waals surface area contributed by atoms with Crippen LogP contribution in [0.2, 0.25) is 0 Å². The summed E-state index contributed by atoms with van der Waals surface area (Å²) in [5.74, 6) is -0.0562. The third-order valence-electron chi connectivity index (χ3n) is 5.27. The van der Waals surface area contributed by atoms with E-state index in [1.54, 1.807) is 12.4 Å². The third kappa shape index (κ3) is 4.68. The maximum atomic E-state index is 12.7. The fraction of sp³-hybridized carbons (Fsp3) is 0.125. The van der Waals surface area contributed by atoms with E-state index in [1.165, 1.54) is 0 Å². The van der Waals surface area contributed by atoms with Gasteiger partial charge in [-0.3, -0.25) is 4.98 Å². The van der Waals surface area contributed by atoms with Crippen LogP contribution in [0.3, 0.4) is 0 Å². The average molecular weight is 512 g/mol. The molecule has 0 radical (unpaired) electrons. The van der Waals surface area contributed by atoms with Gasteiger partial charge in [0.1, 0.15) is 6.54 Å². The molecule has 0 fully saturated rings. The number of halogens is 4. The van der Waals surface area contributed by atoms with Gasteiger partial charge in [0.25, 0.3) is 0 Å². The molecule has 166 valence electrons. The Morgan fingerprint density at radius 1 is 1.03 bits per heavy atom. The van der Waals surface area contributed by atoms with Gasteiger partial charge >= 0.3 is 6.18 Å². The maximum absolute atomic E-state index is 12.7. The SMILES string of the molecule is FC(F)(F)CNc1ncc2c(n1)C(c1ccc(Br)cc1)=CN(c1ccc3ncccc3c1)C2. The summed E-state index contributed by atoms with van der Waals surface area (Å²) < 4.78 is 38.9. The van der Waals surface area contributed by atoms with Crippen LogP contribution in [0, 0.1) is 0 Å². The molecule has 0 saturated heterocycles. The summed E-state index contributed by atoms with van der Waals surface area (Å²) in [6.45, 7) is -0.707. The molecule has 0 saturated carbocycles. The van der Waals surface area contributed by atoms with Gasteiger partial charge in [-0.05, 0) is 42.0 Å². The summed E-state index contributed by atoms with van der Waals surface area (Å²) >= 11 is 3.45. The summed E-state index contributed by atoms with van der Waals surface area (Å²) in [6, 6.07) is 17.6. The zero-order valence-corrected chi connectivity index (χ0v) is 18.7. The van der Waals surface area contributed by atoms with Crippen LogP contribution >= 0.6 is 15.9 Å². The van der Waals surface area contributed by atoms with Crippen LogP contribution in [0.4, 0.5) is 24.8 Å². The van der Waals surface area contributed by atoms with Crippen molar-refractivity contribution in [2.45, 2.75) is 12.7 Å². The molecule has 0 atom stereocenters. The van der Waals surface area contributed by atoms with E-state index in [0.29, 0.717) is 12.2 Å². The standard InChI is InChI=1S/C24H17BrF3N5/c25-18-5-3-15(4-6-18)20-13-33(19-7-8-21-16(10-19)2-1-9-29-21)12-17-11-30-23(32-22(17)20)31-14-24(26,27)28/h1-11,13H,12,14H2,(H,30,31,32). The normalized spacial score (nSPS) is 13.6. The lowest BCUT2D eigenvalue weighted by molar-refractivity contribution is -0.115. The van der Waals surface area contributed by atoms with Crippen molar-refractivity contribution in [3.8, 4) is 0 Å². The predicted octanol–water partition coefficient (Wildman–Crippen LogP) is 6.17. The maximum Gasteiger partial charge on any atom is 0.405 e. The van der Waals surface area contributed by atoms with Crippen LogP contribution in [0.1, 0.15) is 16.8 Å². The minimum absolute atomic E-state index is 0.0562. The second kappa shape index (κ2) is 8.47. The summed E-state index contributed by atoms with van der Waals surface area (Å²) in [7, 11) is 0. The largest absolute Gasteiger partial charge is 0.405 e. The molecule has 2 aromatic heterocycles. The van der Waals surface area contributed by atoms with Gasteiger partial charge in [-0.1, -0.05) is 34.1 Å². The van der Waals surface area contributed by atoms with E-state index in [0.717, 1.165) is 37.8 Å². The molecule has 0 amide bonds. The number of pyridine rings is 1. The van der Waals surface area contributed by atoms with Crippen molar-refractivity contribution in [2.24, 2.45) is 0 Å². The molecule has 0 unspecified atom stereocenters. The minimum atomic E-state index is -4.36. The van der Waals surface area contributed by atoms with Gasteiger partial charge in [-0.25, -0.2) is 9.97 Å². The molecule has 5 rings (SSSR count). The van der Waals surface area contributed by atoms with Crippen LogP contribution < -0.4 is 10.2 Å². The van der Waals surface area contributed by atoms with Crippen LogP contribution in [0.25, 0.3) is 16.5 Å². The van der Waals surface area contributed by atoms with E-state index in [1.807, 2.05) is 54.7 Å². The lowest BCUT2D eigenvalue weighted by Gasteiger charge is -2.29. The quantitative estimate of drug-likeness (QED) is 0.355. The molecule has 1 aliphatic rings. The predicted molar refractivity (Wildman–Crippen MR) is 126 cm³/mol. The number of fused-ring (bicyclic) bond motifs is 2. The fourth-order valence-corrected chi connectivity index (χ4v) is 3.98. The van der Waals surface area contributed by atoms with Crippen molar-refractivity contribution in [3.63, 3.8) is 0 Å². The van der Waals surface area contributed by atoms with Gasteiger partial charge in [-0.2, -0.15) is 13.2 Å². The number of nitrogens with one attached hydrogen (secondary N) is 1. The molecule has 1 aliphatic heterocycles. The number of nitrogens with zero attached hydrogens (tertiary/aromatic N) is 4. The number of benzene rings is 2. The second-order valence-electron chi connectivity index (χ2n) is 7.59. The molecule has 0 spiro atoms. The molecule has 33 heavy (non-hydrogen) atoms. The lowest BCUT2D eigenvalue weighted by atomic mass is 9.97. The molecule has 0 bridgehead atoms. The lowest BCUT2D eigenvalue weighted by Crippen LogP contribution is -2.25. The zero-order chi connectivity index (χ0) is 23.0. The molecule has 4 aromatic rings. The number of alkyl halides is 3. The average Bonchev–Trinajstić information content (AvgIpc) is 2.82. The molecule has 1 N–H and O–H groups in total. The first kappa shape index (κ1) is 21.4. The number of hydrogen-bond acceptors (Lipinski definition) is 5. The third-order valence-corrected chi connectivity index (χ3v) is 5.79. The number of rotatable bonds is 4. The second-order valence-corrected chi connectivity index (χ2v) is 8.51. The summed E-state index contributed by atoms with van der Waals surface area (Å²) in [5, 5.41) is 3.29. The van der Waals surface area contributed by atoms with E-state index in [2.05, 4.69) is 47.2 Å². The Balaban J connectivity index is 1.57. The highest BCUT2D eigenvalue weighted by atomic mass is 79.9. The van der Waals surface area contributed by atoms with Gasteiger partial charge in [0.2, 0.25) is 5.95 Å². The van der Waals surface area contributed by atoms with E-state index < -0.39 is 12.7 Å². The molecule has 5 nitrogen and oxygen atoms in total. The molecule has 9 heteroatoms. The Morgan fingerprint density at radius 3 is 2.64 bits per heavy atom. The Hall–Kier alpha value is -3.46. The molecule has 2 aromatic carbocycles. The number of hydrogen-bond donors (Lipinski definition) is 1. The zero-order valence-electron chi connectivity index (χ0n) is 17.1. The van der Waals surface area contributed by atoms with Crippen molar-refractivity contribution in [1.29, 1.82) is 0 Å². The Labute approximate surface area is 196 Å². The van der Waals surface area contributed by atoms with E-state index in [9.17, 15) is 13.2 Å². The summed E-state index contributed by atoms with van der Waals surface area (Å²) in [4.78, 5) is 15.0. The molecule has 0 aliphatic carbocycles. The molecular formula is C24H17BrF3N5. The molecular weight excluding hydrogens is 495 g/mol. The van der Waals surface area contributed by atoms with E-state index in [4.69, 9.17) is 0 Å². The Kier molecular flexibility index (Phi) is 5.49.